The molecule has 3 aromatic carbocycles. The number of hydrogen-bond acceptors (Lipinski definition) is 4. The van der Waals surface area contributed by atoms with Crippen LogP contribution in [0, 0.1) is 6.92 Å². The number of aromatic hydroxyl groups is 1. The van der Waals surface area contributed by atoms with E-state index < -0.39 is 5.91 Å². The van der Waals surface area contributed by atoms with Crippen molar-refractivity contribution in [1.82, 2.24) is 5.32 Å². The molecule has 0 radical (unpaired) electrons. The van der Waals surface area contributed by atoms with Gasteiger partial charge >= 0.3 is 0 Å². The number of aryl methyl sites for hydroxylation is 1. The zero-order valence-electron chi connectivity index (χ0n) is 15.9. The van der Waals surface area contributed by atoms with Gasteiger partial charge in [0.2, 0.25) is 0 Å². The molecule has 0 aliphatic rings. The Morgan fingerprint density at radius 3 is 2.70 bits per heavy atom. The van der Waals surface area contributed by atoms with E-state index in [0.29, 0.717) is 16.5 Å². The van der Waals surface area contributed by atoms with Crippen LogP contribution in [-0.4, -0.2) is 16.1 Å². The van der Waals surface area contributed by atoms with E-state index in [1.165, 1.54) is 0 Å². The summed E-state index contributed by atoms with van der Waals surface area (Å²) in [6.07, 6.45) is 0. The van der Waals surface area contributed by atoms with E-state index >= 15 is 0 Å². The first-order chi connectivity index (χ1) is 14.4. The van der Waals surface area contributed by atoms with Crippen LogP contribution in [0.2, 0.25) is 5.02 Å². The normalized spacial score (nSPS) is 10.7. The van der Waals surface area contributed by atoms with Crippen LogP contribution >= 0.6 is 23.8 Å². The lowest BCUT2D eigenvalue weighted by Gasteiger charge is -2.11. The molecule has 0 atom stereocenters. The van der Waals surface area contributed by atoms with E-state index in [-0.39, 0.29) is 16.6 Å². The standard InChI is InChI=1S/C23H17ClN2O3S/c1-13-5-6-15(12-18(13)24)20-9-10-21(29-20)22(28)26-23(30)25-19-4-2-3-14-11-16(27)7-8-17(14)19/h2-12,27H,1H3,(H2,25,26,28,30). The second-order valence-electron chi connectivity index (χ2n) is 6.75. The minimum atomic E-state index is -0.463. The average molecular weight is 437 g/mol. The molecule has 0 spiro atoms. The van der Waals surface area contributed by atoms with E-state index in [1.54, 1.807) is 36.4 Å². The van der Waals surface area contributed by atoms with E-state index in [1.807, 2.05) is 37.3 Å². The lowest BCUT2D eigenvalue weighted by atomic mass is 10.1. The minimum Gasteiger partial charge on any atom is -0.508 e. The van der Waals surface area contributed by atoms with Crippen LogP contribution in [0.25, 0.3) is 22.1 Å². The van der Waals surface area contributed by atoms with Crippen LogP contribution in [0.3, 0.4) is 0 Å². The molecule has 1 amide bonds. The number of benzene rings is 3. The fourth-order valence-electron chi connectivity index (χ4n) is 3.06. The molecule has 7 heteroatoms. The first kappa shape index (κ1) is 19.9. The highest BCUT2D eigenvalue weighted by atomic mass is 35.5. The molecule has 3 N–H and O–H groups in total. The largest absolute Gasteiger partial charge is 0.508 e. The third kappa shape index (κ3) is 4.15. The van der Waals surface area contributed by atoms with Crippen molar-refractivity contribution in [3.8, 4) is 17.1 Å². The Morgan fingerprint density at radius 1 is 1.07 bits per heavy atom. The Labute approximate surface area is 183 Å². The minimum absolute atomic E-state index is 0.133. The summed E-state index contributed by atoms with van der Waals surface area (Å²) >= 11 is 11.4. The molecule has 150 valence electrons. The van der Waals surface area contributed by atoms with Crippen LogP contribution < -0.4 is 10.6 Å². The third-order valence-corrected chi connectivity index (χ3v) is 5.24. The summed E-state index contributed by atoms with van der Waals surface area (Å²) in [4.78, 5) is 12.5. The Hall–Kier alpha value is -3.35. The van der Waals surface area contributed by atoms with Gasteiger partial charge in [0.15, 0.2) is 10.9 Å². The van der Waals surface area contributed by atoms with E-state index in [4.69, 9.17) is 28.2 Å². The number of phenolic OH excluding ortho intramolecular Hbond substituents is 1. The van der Waals surface area contributed by atoms with Crippen molar-refractivity contribution in [2.75, 3.05) is 5.32 Å². The molecule has 1 aromatic heterocycles. The summed E-state index contributed by atoms with van der Waals surface area (Å²) in [6, 6.07) is 19.4. The molecule has 0 saturated heterocycles. The first-order valence-electron chi connectivity index (χ1n) is 9.11. The predicted molar refractivity (Wildman–Crippen MR) is 123 cm³/mol. The summed E-state index contributed by atoms with van der Waals surface area (Å²) in [5.41, 5.74) is 2.46. The van der Waals surface area contributed by atoms with E-state index in [9.17, 15) is 9.90 Å². The van der Waals surface area contributed by atoms with Gasteiger partial charge in [0, 0.05) is 21.7 Å². The smallest absolute Gasteiger partial charge is 0.293 e. The van der Waals surface area contributed by atoms with Crippen LogP contribution in [-0.2, 0) is 0 Å². The van der Waals surface area contributed by atoms with Gasteiger partial charge < -0.3 is 14.8 Å². The number of nitrogens with one attached hydrogen (secondary N) is 2. The van der Waals surface area contributed by atoms with Crippen molar-refractivity contribution < 1.29 is 14.3 Å². The fourth-order valence-corrected chi connectivity index (χ4v) is 3.44. The number of anilines is 1. The number of phenols is 1. The average Bonchev–Trinajstić information content (AvgIpc) is 3.20. The molecular weight excluding hydrogens is 420 g/mol. The van der Waals surface area contributed by atoms with E-state index in [0.717, 1.165) is 21.9 Å². The fraction of sp³-hybridized carbons (Fsp3) is 0.0435. The van der Waals surface area contributed by atoms with Crippen LogP contribution in [0.4, 0.5) is 5.69 Å². The third-order valence-electron chi connectivity index (χ3n) is 4.63. The number of hydrogen-bond donors (Lipinski definition) is 3. The number of carbonyl (C=O) groups is 1. The summed E-state index contributed by atoms with van der Waals surface area (Å²) < 4.78 is 5.67. The zero-order valence-corrected chi connectivity index (χ0v) is 17.5. The molecular formula is C23H17ClN2O3S. The number of fused-ring (bicyclic) bond motifs is 1. The topological polar surface area (TPSA) is 74.5 Å². The maximum absolute atomic E-state index is 12.5. The molecule has 0 saturated carbocycles. The van der Waals surface area contributed by atoms with Crippen molar-refractivity contribution >= 4 is 51.3 Å². The van der Waals surface area contributed by atoms with Gasteiger partial charge in [-0.05, 0) is 72.6 Å². The number of halogens is 1. The van der Waals surface area contributed by atoms with Gasteiger partial charge in [-0.1, -0.05) is 35.9 Å². The molecule has 4 rings (SSSR count). The molecule has 1 heterocycles. The number of thiocarbonyl (C=S) groups is 1. The van der Waals surface area contributed by atoms with Gasteiger partial charge in [-0.3, -0.25) is 10.1 Å². The van der Waals surface area contributed by atoms with Gasteiger partial charge in [0.25, 0.3) is 5.91 Å². The predicted octanol–water partition coefficient (Wildman–Crippen LogP) is 5.89. The Kier molecular flexibility index (Phi) is 5.44. The number of carbonyl (C=O) groups excluding carboxylic acids is 1. The summed E-state index contributed by atoms with van der Waals surface area (Å²) in [6.45, 7) is 1.92. The molecule has 0 bridgehead atoms. The van der Waals surface area contributed by atoms with Gasteiger partial charge in [-0.15, -0.1) is 0 Å². The molecule has 0 aliphatic carbocycles. The highest BCUT2D eigenvalue weighted by molar-refractivity contribution is 7.80. The van der Waals surface area contributed by atoms with Crippen LogP contribution in [0.5, 0.6) is 5.75 Å². The quantitative estimate of drug-likeness (QED) is 0.349. The summed E-state index contributed by atoms with van der Waals surface area (Å²) in [5, 5.41) is 17.8. The number of amides is 1. The second kappa shape index (κ2) is 8.18. The first-order valence-corrected chi connectivity index (χ1v) is 9.90. The Balaban J connectivity index is 1.47. The number of rotatable bonds is 3. The van der Waals surface area contributed by atoms with Crippen molar-refractivity contribution in [3.05, 3.63) is 83.1 Å². The number of furan rings is 1. The van der Waals surface area contributed by atoms with Gasteiger partial charge in [0.05, 0.1) is 0 Å². The maximum atomic E-state index is 12.5. The van der Waals surface area contributed by atoms with Crippen molar-refractivity contribution in [3.63, 3.8) is 0 Å². The molecule has 0 unspecified atom stereocenters. The van der Waals surface area contributed by atoms with Crippen molar-refractivity contribution in [2.24, 2.45) is 0 Å². The molecule has 30 heavy (non-hydrogen) atoms. The van der Waals surface area contributed by atoms with Gasteiger partial charge in [-0.25, -0.2) is 0 Å². The molecule has 0 fully saturated rings. The monoisotopic (exact) mass is 436 g/mol. The van der Waals surface area contributed by atoms with Crippen molar-refractivity contribution in [1.29, 1.82) is 0 Å². The Morgan fingerprint density at radius 2 is 1.90 bits per heavy atom. The second-order valence-corrected chi connectivity index (χ2v) is 7.56. The SMILES string of the molecule is Cc1ccc(-c2ccc(C(=O)NC(=S)Nc3cccc4cc(O)ccc34)o2)cc1Cl. The van der Waals surface area contributed by atoms with Gasteiger partial charge in [0.1, 0.15) is 11.5 Å². The summed E-state index contributed by atoms with van der Waals surface area (Å²) in [5.74, 6) is 0.386. The van der Waals surface area contributed by atoms with E-state index in [2.05, 4.69) is 10.6 Å². The van der Waals surface area contributed by atoms with Crippen LogP contribution in [0.15, 0.2) is 71.1 Å². The van der Waals surface area contributed by atoms with Crippen molar-refractivity contribution in [2.45, 2.75) is 6.92 Å². The highest BCUT2D eigenvalue weighted by Crippen LogP contribution is 2.28. The molecule has 5 nitrogen and oxygen atoms in total. The Bertz CT molecular complexity index is 1280. The van der Waals surface area contributed by atoms with Crippen LogP contribution in [0.1, 0.15) is 16.1 Å². The summed E-state index contributed by atoms with van der Waals surface area (Å²) in [7, 11) is 0. The molecule has 4 aromatic rings. The molecule has 0 aliphatic heterocycles. The highest BCUT2D eigenvalue weighted by Gasteiger charge is 2.15. The lowest BCUT2D eigenvalue weighted by molar-refractivity contribution is 0.0951. The maximum Gasteiger partial charge on any atom is 0.293 e. The zero-order chi connectivity index (χ0) is 21.3. The van der Waals surface area contributed by atoms with Gasteiger partial charge in [-0.2, -0.15) is 0 Å². The lowest BCUT2D eigenvalue weighted by Crippen LogP contribution is -2.33.